The average Bonchev–Trinajstić information content (AvgIpc) is 3.12. The van der Waals surface area contributed by atoms with Crippen molar-refractivity contribution in [2.45, 2.75) is 30.1 Å². The molecule has 1 heterocycles. The van der Waals surface area contributed by atoms with E-state index in [4.69, 9.17) is 4.74 Å². The SMILES string of the molecule is CCOc1ccc(NS(=O)(=O)c2ccc3c(c2)CCN3C(C)=O)cc1S(=O)(=O)N(C)C. The molecule has 2 aromatic rings. The molecule has 0 bridgehead atoms. The van der Waals surface area contributed by atoms with Gasteiger partial charge in [-0.2, -0.15) is 0 Å². The van der Waals surface area contributed by atoms with Crippen molar-refractivity contribution in [3.8, 4) is 5.75 Å². The first kappa shape index (κ1) is 23.0. The van der Waals surface area contributed by atoms with Crippen LogP contribution < -0.4 is 14.4 Å². The van der Waals surface area contributed by atoms with Crippen LogP contribution in [0.5, 0.6) is 5.75 Å². The molecule has 3 rings (SSSR count). The van der Waals surface area contributed by atoms with Crippen molar-refractivity contribution in [2.24, 2.45) is 0 Å². The van der Waals surface area contributed by atoms with Crippen LogP contribution in [0, 0.1) is 0 Å². The van der Waals surface area contributed by atoms with Crippen LogP contribution in [-0.4, -0.2) is 54.3 Å². The molecule has 1 aliphatic rings. The van der Waals surface area contributed by atoms with Gasteiger partial charge in [-0.1, -0.05) is 0 Å². The maximum absolute atomic E-state index is 12.9. The Morgan fingerprint density at radius 2 is 1.84 bits per heavy atom. The number of hydrogen-bond acceptors (Lipinski definition) is 6. The zero-order chi connectivity index (χ0) is 23.0. The van der Waals surface area contributed by atoms with Gasteiger partial charge in [-0.15, -0.1) is 0 Å². The molecule has 0 saturated carbocycles. The minimum absolute atomic E-state index is 0.0301. The molecule has 1 amide bonds. The Labute approximate surface area is 182 Å². The molecule has 1 aliphatic heterocycles. The summed E-state index contributed by atoms with van der Waals surface area (Å²) in [5.41, 5.74) is 1.56. The predicted molar refractivity (Wildman–Crippen MR) is 117 cm³/mol. The smallest absolute Gasteiger partial charge is 0.261 e. The first-order valence-electron chi connectivity index (χ1n) is 9.60. The number of nitrogens with one attached hydrogen (secondary N) is 1. The average molecular weight is 468 g/mol. The van der Waals surface area contributed by atoms with Crippen LogP contribution in [0.4, 0.5) is 11.4 Å². The van der Waals surface area contributed by atoms with Gasteiger partial charge in [0.15, 0.2) is 0 Å². The molecule has 0 aromatic heterocycles. The molecule has 0 spiro atoms. The lowest BCUT2D eigenvalue weighted by Gasteiger charge is -2.17. The van der Waals surface area contributed by atoms with Gasteiger partial charge in [0.1, 0.15) is 10.6 Å². The normalized spacial score (nSPS) is 13.9. The summed E-state index contributed by atoms with van der Waals surface area (Å²) in [7, 11) is -5.07. The van der Waals surface area contributed by atoms with Crippen LogP contribution in [-0.2, 0) is 31.3 Å². The number of benzene rings is 2. The number of sulfonamides is 2. The zero-order valence-electron chi connectivity index (χ0n) is 17.7. The monoisotopic (exact) mass is 467 g/mol. The number of ether oxygens (including phenoxy) is 1. The zero-order valence-corrected chi connectivity index (χ0v) is 19.4. The summed E-state index contributed by atoms with van der Waals surface area (Å²) in [5, 5.41) is 0. The summed E-state index contributed by atoms with van der Waals surface area (Å²) in [4.78, 5) is 13.2. The van der Waals surface area contributed by atoms with Crippen molar-refractivity contribution in [3.63, 3.8) is 0 Å². The predicted octanol–water partition coefficient (Wildman–Crippen LogP) is 2.05. The summed E-state index contributed by atoms with van der Waals surface area (Å²) in [6.07, 6.45) is 0.562. The van der Waals surface area contributed by atoms with Gasteiger partial charge in [0.2, 0.25) is 15.9 Å². The highest BCUT2D eigenvalue weighted by molar-refractivity contribution is 7.92. The Hall–Kier alpha value is -2.63. The van der Waals surface area contributed by atoms with Crippen molar-refractivity contribution in [3.05, 3.63) is 42.0 Å². The molecule has 1 N–H and O–H groups in total. The lowest BCUT2D eigenvalue weighted by atomic mass is 10.2. The second-order valence-corrected chi connectivity index (χ2v) is 11.0. The molecule has 0 saturated heterocycles. The van der Waals surface area contributed by atoms with Crippen molar-refractivity contribution in [1.82, 2.24) is 4.31 Å². The van der Waals surface area contributed by atoms with Gasteiger partial charge >= 0.3 is 0 Å². The number of amides is 1. The Morgan fingerprint density at radius 3 is 2.45 bits per heavy atom. The quantitative estimate of drug-likeness (QED) is 0.667. The summed E-state index contributed by atoms with van der Waals surface area (Å²) in [5.74, 6) is 0.0394. The van der Waals surface area contributed by atoms with E-state index in [1.54, 1.807) is 17.9 Å². The maximum atomic E-state index is 12.9. The first-order valence-corrected chi connectivity index (χ1v) is 12.5. The van der Waals surface area contributed by atoms with E-state index >= 15 is 0 Å². The highest BCUT2D eigenvalue weighted by Gasteiger charge is 2.26. The molecule has 0 radical (unpaired) electrons. The van der Waals surface area contributed by atoms with E-state index in [-0.39, 0.29) is 33.7 Å². The van der Waals surface area contributed by atoms with Gasteiger partial charge in [-0.3, -0.25) is 9.52 Å². The van der Waals surface area contributed by atoms with E-state index in [1.165, 1.54) is 51.4 Å². The minimum atomic E-state index is -3.98. The lowest BCUT2D eigenvalue weighted by Crippen LogP contribution is -2.25. The lowest BCUT2D eigenvalue weighted by molar-refractivity contribution is -0.116. The van der Waals surface area contributed by atoms with Gasteiger partial charge in [-0.05, 0) is 55.3 Å². The Morgan fingerprint density at radius 1 is 1.13 bits per heavy atom. The molecular weight excluding hydrogens is 442 g/mol. The largest absolute Gasteiger partial charge is 0.492 e. The number of nitrogens with zero attached hydrogens (tertiary/aromatic N) is 2. The molecule has 11 heteroatoms. The van der Waals surface area contributed by atoms with Crippen LogP contribution in [0.1, 0.15) is 19.4 Å². The molecule has 9 nitrogen and oxygen atoms in total. The van der Waals surface area contributed by atoms with Crippen LogP contribution in [0.3, 0.4) is 0 Å². The summed E-state index contributed by atoms with van der Waals surface area (Å²) in [6, 6.07) is 8.68. The van der Waals surface area contributed by atoms with Gasteiger partial charge in [-0.25, -0.2) is 21.1 Å². The molecular formula is C20H25N3O6S2. The first-order chi connectivity index (χ1) is 14.5. The van der Waals surface area contributed by atoms with Gasteiger partial charge in [0, 0.05) is 33.3 Å². The van der Waals surface area contributed by atoms with Gasteiger partial charge < -0.3 is 9.64 Å². The fraction of sp³-hybridized carbons (Fsp3) is 0.350. The fourth-order valence-electron chi connectivity index (χ4n) is 3.33. The molecule has 0 aliphatic carbocycles. The minimum Gasteiger partial charge on any atom is -0.492 e. The summed E-state index contributed by atoms with van der Waals surface area (Å²) < 4.78 is 60.1. The van der Waals surface area contributed by atoms with Gasteiger partial charge in [0.05, 0.1) is 17.2 Å². The Bertz CT molecular complexity index is 1220. The molecule has 168 valence electrons. The number of carbonyl (C=O) groups excluding carboxylic acids is 1. The number of anilines is 2. The van der Waals surface area contributed by atoms with E-state index < -0.39 is 20.0 Å². The van der Waals surface area contributed by atoms with Crippen LogP contribution >= 0.6 is 0 Å². The third-order valence-corrected chi connectivity index (χ3v) is 8.11. The number of carbonyl (C=O) groups is 1. The summed E-state index contributed by atoms with van der Waals surface area (Å²) in [6.45, 7) is 3.95. The van der Waals surface area contributed by atoms with E-state index in [0.717, 1.165) is 9.87 Å². The van der Waals surface area contributed by atoms with Crippen molar-refractivity contribution < 1.29 is 26.4 Å². The van der Waals surface area contributed by atoms with Crippen LogP contribution in [0.15, 0.2) is 46.2 Å². The standard InChI is InChI=1S/C20H25N3O6S2/c1-5-29-19-9-6-16(13-20(19)31(27,28)22(3)4)21-30(25,26)17-7-8-18-15(12-17)10-11-23(18)14(2)24/h6-9,12-13,21H,5,10-11H2,1-4H3. The van der Waals surface area contributed by atoms with E-state index in [1.807, 2.05) is 0 Å². The number of fused-ring (bicyclic) bond motifs is 1. The molecule has 0 fully saturated rings. The van der Waals surface area contributed by atoms with E-state index in [2.05, 4.69) is 4.72 Å². The fourth-order valence-corrected chi connectivity index (χ4v) is 5.48. The molecule has 0 unspecified atom stereocenters. The van der Waals surface area contributed by atoms with Crippen molar-refractivity contribution >= 4 is 37.3 Å². The Kier molecular flexibility index (Phi) is 6.30. The third-order valence-electron chi connectivity index (χ3n) is 4.89. The summed E-state index contributed by atoms with van der Waals surface area (Å²) >= 11 is 0. The number of hydrogen-bond donors (Lipinski definition) is 1. The number of rotatable bonds is 7. The van der Waals surface area contributed by atoms with Crippen molar-refractivity contribution in [2.75, 3.05) is 36.9 Å². The molecule has 2 aromatic carbocycles. The maximum Gasteiger partial charge on any atom is 0.261 e. The van der Waals surface area contributed by atoms with E-state index in [9.17, 15) is 21.6 Å². The van der Waals surface area contributed by atoms with Gasteiger partial charge in [0.25, 0.3) is 10.0 Å². The second kappa shape index (κ2) is 8.48. The highest BCUT2D eigenvalue weighted by Crippen LogP contribution is 2.32. The topological polar surface area (TPSA) is 113 Å². The highest BCUT2D eigenvalue weighted by atomic mass is 32.2. The third kappa shape index (κ3) is 4.53. The van der Waals surface area contributed by atoms with E-state index in [0.29, 0.717) is 18.7 Å². The molecule has 0 atom stereocenters. The van der Waals surface area contributed by atoms with Crippen molar-refractivity contribution in [1.29, 1.82) is 0 Å². The van der Waals surface area contributed by atoms with Crippen LogP contribution in [0.2, 0.25) is 0 Å². The Balaban J connectivity index is 1.96. The van der Waals surface area contributed by atoms with Crippen LogP contribution in [0.25, 0.3) is 0 Å². The second-order valence-electron chi connectivity index (χ2n) is 7.20. The molecule has 31 heavy (non-hydrogen) atoms.